The fourth-order valence-electron chi connectivity index (χ4n) is 8.67. The number of aliphatic imine (C=N–C) groups is 2. The molecule has 1 N–H and O–H groups in total. The van der Waals surface area contributed by atoms with Crippen molar-refractivity contribution in [1.82, 2.24) is 10.3 Å². The Morgan fingerprint density at radius 2 is 1.17 bits per heavy atom. The van der Waals surface area contributed by atoms with Crippen molar-refractivity contribution in [2.45, 2.75) is 6.17 Å². The van der Waals surface area contributed by atoms with Crippen LogP contribution in [0.3, 0.4) is 0 Å². The van der Waals surface area contributed by atoms with Crippen molar-refractivity contribution in [1.29, 1.82) is 0 Å². The summed E-state index contributed by atoms with van der Waals surface area (Å²) in [5.41, 5.74) is 11.3. The molecular weight excluding hydrogens is 713 g/mol. The zero-order valence-electron chi connectivity index (χ0n) is 31.1. The van der Waals surface area contributed by atoms with Gasteiger partial charge in [0.2, 0.25) is 0 Å². The molecule has 58 heavy (non-hydrogen) atoms. The van der Waals surface area contributed by atoms with Crippen LogP contribution in [0.1, 0.15) is 22.9 Å². The third kappa shape index (κ3) is 5.16. The molecule has 6 nitrogen and oxygen atoms in total. The number of benzene rings is 8. The number of hydrogen-bond donors (Lipinski definition) is 1. The Kier molecular flexibility index (Phi) is 7.19. The van der Waals surface area contributed by atoms with Gasteiger partial charge in [0.05, 0.1) is 5.52 Å². The first-order valence-electron chi connectivity index (χ1n) is 19.5. The maximum Gasteiger partial charge on any atom is 0.159 e. The molecule has 3 aromatic heterocycles. The van der Waals surface area contributed by atoms with Crippen molar-refractivity contribution in [3.8, 4) is 22.3 Å². The second kappa shape index (κ2) is 12.9. The number of rotatable bonds is 5. The Hall–Kier alpha value is -7.83. The van der Waals surface area contributed by atoms with Crippen LogP contribution in [0.5, 0.6) is 0 Å². The van der Waals surface area contributed by atoms with Gasteiger partial charge >= 0.3 is 0 Å². The van der Waals surface area contributed by atoms with E-state index in [-0.39, 0.29) is 0 Å². The number of nitrogens with one attached hydrogen (secondary N) is 1. The van der Waals surface area contributed by atoms with E-state index >= 15 is 0 Å². The van der Waals surface area contributed by atoms with Gasteiger partial charge in [-0.05, 0) is 69.9 Å². The summed E-state index contributed by atoms with van der Waals surface area (Å²) in [6, 6.07) is 60.9. The fourth-order valence-corrected chi connectivity index (χ4v) is 8.67. The van der Waals surface area contributed by atoms with Crippen molar-refractivity contribution in [2.24, 2.45) is 9.98 Å². The Morgan fingerprint density at radius 3 is 2.02 bits per heavy atom. The second-order valence-corrected chi connectivity index (χ2v) is 14.8. The first-order chi connectivity index (χ1) is 28.7. The lowest BCUT2D eigenvalue weighted by Gasteiger charge is -2.26. The Bertz CT molecular complexity index is 3490. The minimum atomic E-state index is -0.458. The van der Waals surface area contributed by atoms with Crippen LogP contribution in [0.15, 0.2) is 201 Å². The summed E-state index contributed by atoms with van der Waals surface area (Å²) in [6.07, 6.45) is 1.37. The molecule has 12 rings (SSSR count). The summed E-state index contributed by atoms with van der Waals surface area (Å²) in [6.45, 7) is 0. The van der Waals surface area contributed by atoms with Gasteiger partial charge in [0.25, 0.3) is 0 Å². The maximum absolute atomic E-state index is 6.89. The minimum Gasteiger partial charge on any atom is -0.456 e. The lowest BCUT2D eigenvalue weighted by atomic mass is 9.89. The van der Waals surface area contributed by atoms with Crippen LogP contribution < -0.4 is 5.32 Å². The van der Waals surface area contributed by atoms with E-state index in [0.717, 1.165) is 110 Å². The predicted molar refractivity (Wildman–Crippen MR) is 237 cm³/mol. The van der Waals surface area contributed by atoms with Crippen LogP contribution in [-0.4, -0.2) is 16.7 Å². The van der Waals surface area contributed by atoms with Crippen LogP contribution in [-0.2, 0) is 0 Å². The molecule has 1 aliphatic heterocycles. The van der Waals surface area contributed by atoms with Gasteiger partial charge in [-0.3, -0.25) is 4.98 Å². The Labute approximate surface area is 332 Å². The topological polar surface area (TPSA) is 75.9 Å². The van der Waals surface area contributed by atoms with Gasteiger partial charge in [0.1, 0.15) is 34.3 Å². The van der Waals surface area contributed by atoms with E-state index in [1.165, 1.54) is 0 Å². The Balaban J connectivity index is 1.13. The third-order valence-electron chi connectivity index (χ3n) is 11.4. The van der Waals surface area contributed by atoms with Gasteiger partial charge in [-0.25, -0.2) is 9.98 Å². The van der Waals surface area contributed by atoms with Gasteiger partial charge in [-0.15, -0.1) is 0 Å². The number of aromatic nitrogens is 1. The van der Waals surface area contributed by atoms with Gasteiger partial charge in [-0.1, -0.05) is 127 Å². The maximum atomic E-state index is 6.89. The monoisotopic (exact) mass is 744 g/mol. The summed E-state index contributed by atoms with van der Waals surface area (Å²) in [4.78, 5) is 15.3. The SMILES string of the molecule is c1ccc(C2=NC(c3cccc4oc5ccccc5c34)NC(c3cc4ccccc4cc3-c3ccc(-c4ccccc4)c4oc5cc6ncccc6cc5c34)=N2)cc1. The molecule has 0 radical (unpaired) electrons. The lowest BCUT2D eigenvalue weighted by Crippen LogP contribution is -2.34. The average Bonchev–Trinajstić information content (AvgIpc) is 3.86. The first-order valence-corrected chi connectivity index (χ1v) is 19.5. The smallest absolute Gasteiger partial charge is 0.159 e. The molecule has 1 unspecified atom stereocenters. The molecule has 4 heterocycles. The van der Waals surface area contributed by atoms with E-state index in [1.807, 2.05) is 60.8 Å². The third-order valence-corrected chi connectivity index (χ3v) is 11.4. The summed E-state index contributed by atoms with van der Waals surface area (Å²) in [5.74, 6) is 1.38. The van der Waals surface area contributed by atoms with E-state index in [1.54, 1.807) is 0 Å². The highest BCUT2D eigenvalue weighted by molar-refractivity contribution is 6.22. The van der Waals surface area contributed by atoms with Crippen molar-refractivity contribution < 1.29 is 8.83 Å². The Morgan fingerprint density at radius 1 is 0.466 bits per heavy atom. The normalized spacial score (nSPS) is 14.4. The van der Waals surface area contributed by atoms with E-state index in [9.17, 15) is 0 Å². The second-order valence-electron chi connectivity index (χ2n) is 14.8. The number of para-hydroxylation sites is 1. The molecule has 272 valence electrons. The number of fused-ring (bicyclic) bond motifs is 8. The molecule has 0 fully saturated rings. The summed E-state index contributed by atoms with van der Waals surface area (Å²) >= 11 is 0. The largest absolute Gasteiger partial charge is 0.456 e. The van der Waals surface area contributed by atoms with Gasteiger partial charge in [-0.2, -0.15) is 0 Å². The van der Waals surface area contributed by atoms with Crippen molar-refractivity contribution in [2.75, 3.05) is 0 Å². The van der Waals surface area contributed by atoms with E-state index < -0.39 is 6.17 Å². The number of amidine groups is 2. The highest BCUT2D eigenvalue weighted by Crippen LogP contribution is 2.45. The first kappa shape index (κ1) is 32.4. The van der Waals surface area contributed by atoms with Gasteiger partial charge in [0.15, 0.2) is 5.84 Å². The highest BCUT2D eigenvalue weighted by Gasteiger charge is 2.27. The number of hydrogen-bond acceptors (Lipinski definition) is 6. The zero-order chi connectivity index (χ0) is 38.2. The summed E-state index contributed by atoms with van der Waals surface area (Å²) in [7, 11) is 0. The molecular formula is C52H32N4O2. The fraction of sp³-hybridized carbons (Fsp3) is 0.0192. The van der Waals surface area contributed by atoms with Crippen LogP contribution >= 0.6 is 0 Å². The molecule has 6 heteroatoms. The summed E-state index contributed by atoms with van der Waals surface area (Å²) < 4.78 is 13.2. The molecule has 1 atom stereocenters. The average molecular weight is 745 g/mol. The molecule has 11 aromatic rings. The van der Waals surface area contributed by atoms with Crippen molar-refractivity contribution in [3.63, 3.8) is 0 Å². The quantitative estimate of drug-likeness (QED) is 0.190. The molecule has 0 bridgehead atoms. The zero-order valence-corrected chi connectivity index (χ0v) is 31.1. The molecule has 8 aromatic carbocycles. The van der Waals surface area contributed by atoms with Gasteiger partial charge in [0, 0.05) is 61.4 Å². The molecule has 0 amide bonds. The highest BCUT2D eigenvalue weighted by atomic mass is 16.3. The number of furan rings is 2. The van der Waals surface area contributed by atoms with E-state index in [0.29, 0.717) is 5.84 Å². The van der Waals surface area contributed by atoms with Crippen LogP contribution in [0.4, 0.5) is 0 Å². The minimum absolute atomic E-state index is 0.458. The number of pyridine rings is 1. The predicted octanol–water partition coefficient (Wildman–Crippen LogP) is 13.0. The number of nitrogens with zero attached hydrogens (tertiary/aromatic N) is 3. The van der Waals surface area contributed by atoms with Crippen molar-refractivity contribution in [3.05, 3.63) is 199 Å². The van der Waals surface area contributed by atoms with Crippen LogP contribution in [0.2, 0.25) is 0 Å². The van der Waals surface area contributed by atoms with Gasteiger partial charge < -0.3 is 14.2 Å². The summed E-state index contributed by atoms with van der Waals surface area (Å²) in [5, 5.41) is 11.3. The molecule has 0 spiro atoms. The van der Waals surface area contributed by atoms with Crippen LogP contribution in [0.25, 0.3) is 87.8 Å². The van der Waals surface area contributed by atoms with E-state index in [4.69, 9.17) is 18.8 Å². The molecule has 0 saturated carbocycles. The molecule has 0 saturated heterocycles. The van der Waals surface area contributed by atoms with Crippen molar-refractivity contribution >= 4 is 77.2 Å². The molecule has 0 aliphatic carbocycles. The van der Waals surface area contributed by atoms with Crippen LogP contribution in [0, 0.1) is 0 Å². The lowest BCUT2D eigenvalue weighted by molar-refractivity contribution is 0.662. The molecule has 1 aliphatic rings. The van der Waals surface area contributed by atoms with E-state index in [2.05, 4.69) is 132 Å². The standard InChI is InChI=1S/C52H32N4O2/c1-3-13-31(14-4-1)36-24-25-37(48-42-29-35-19-12-26-53-43(35)30-46(42)58-49(36)48)40-27-33-17-7-8-18-34(33)28-41(40)52-55-50(32-15-5-2-6-16-32)54-51(56-52)39-21-11-23-45-47(39)38-20-9-10-22-44(38)57-45/h1-30,51H,(H,54,55,56).